The first kappa shape index (κ1) is 19.6. The summed E-state index contributed by atoms with van der Waals surface area (Å²) in [5, 5.41) is 41.2. The van der Waals surface area contributed by atoms with Crippen LogP contribution in [0.2, 0.25) is 0 Å². The van der Waals surface area contributed by atoms with Gasteiger partial charge in [0.1, 0.15) is 29.9 Å². The first-order chi connectivity index (χ1) is 12.6. The first-order valence-corrected chi connectivity index (χ1v) is 7.84. The molecule has 1 aliphatic rings. The van der Waals surface area contributed by atoms with Crippen molar-refractivity contribution >= 4 is 16.7 Å². The van der Waals surface area contributed by atoms with Gasteiger partial charge in [-0.2, -0.15) is 13.2 Å². The van der Waals surface area contributed by atoms with Crippen molar-refractivity contribution in [2.45, 2.75) is 36.8 Å². The minimum Gasteiger partial charge on any atom is -0.423 e. The third kappa shape index (κ3) is 3.77. The lowest BCUT2D eigenvalue weighted by Gasteiger charge is -2.40. The van der Waals surface area contributed by atoms with Crippen LogP contribution in [0.25, 0.3) is 11.0 Å². The predicted molar refractivity (Wildman–Crippen MR) is 84.9 cm³/mol. The number of fused-ring (bicyclic) bond motifs is 1. The SMILES string of the molecule is O=c1cc(C(F)(F)F)c2ccc(NC3C(O)OC(CO)[C@@H](O)[C@@H]3O)cc2o1. The van der Waals surface area contributed by atoms with Gasteiger partial charge in [0.05, 0.1) is 12.2 Å². The highest BCUT2D eigenvalue weighted by Gasteiger charge is 2.43. The van der Waals surface area contributed by atoms with E-state index >= 15 is 0 Å². The number of hydrogen-bond acceptors (Lipinski definition) is 8. The second-order valence-electron chi connectivity index (χ2n) is 6.09. The van der Waals surface area contributed by atoms with Crippen molar-refractivity contribution in [1.82, 2.24) is 0 Å². The summed E-state index contributed by atoms with van der Waals surface area (Å²) in [6.45, 7) is -0.636. The van der Waals surface area contributed by atoms with E-state index in [1.165, 1.54) is 6.07 Å². The molecule has 1 aromatic carbocycles. The third-order valence-electron chi connectivity index (χ3n) is 4.28. The quantitative estimate of drug-likeness (QED) is 0.463. The minimum absolute atomic E-state index is 0.103. The number of rotatable bonds is 3. The monoisotopic (exact) mass is 391 g/mol. The number of aliphatic hydroxyl groups excluding tert-OH is 4. The van der Waals surface area contributed by atoms with Gasteiger partial charge in [0, 0.05) is 23.2 Å². The maximum absolute atomic E-state index is 13.1. The smallest absolute Gasteiger partial charge is 0.417 e. The molecule has 2 aromatic rings. The Morgan fingerprint density at radius 3 is 2.44 bits per heavy atom. The normalized spacial score (nSPS) is 29.1. The summed E-state index contributed by atoms with van der Waals surface area (Å²) in [5.74, 6) is 0. The molecule has 0 radical (unpaired) electrons. The summed E-state index contributed by atoms with van der Waals surface area (Å²) < 4.78 is 49.0. The standard InChI is InChI=1S/C16H16F3NO7/c17-16(18,19)8-4-11(22)26-9-3-6(1-2-7(8)9)20-12-14(24)13(23)10(5-21)27-15(12)25/h1-4,10,12-15,20-21,23-25H,5H2/t10?,12?,13-,14-,15?/m1/s1. The van der Waals surface area contributed by atoms with Gasteiger partial charge >= 0.3 is 11.8 Å². The number of nitrogens with one attached hydrogen (secondary N) is 1. The van der Waals surface area contributed by atoms with Crippen LogP contribution in [0.4, 0.5) is 18.9 Å². The van der Waals surface area contributed by atoms with Crippen LogP contribution in [-0.2, 0) is 10.9 Å². The van der Waals surface area contributed by atoms with Crippen molar-refractivity contribution in [1.29, 1.82) is 0 Å². The van der Waals surface area contributed by atoms with Gasteiger partial charge in [0.15, 0.2) is 6.29 Å². The van der Waals surface area contributed by atoms with E-state index in [-0.39, 0.29) is 16.7 Å². The number of benzene rings is 1. The molecule has 3 rings (SSSR count). The molecule has 2 heterocycles. The Kier molecular flexibility index (Phi) is 5.14. The average molecular weight is 391 g/mol. The number of halogens is 3. The van der Waals surface area contributed by atoms with Crippen LogP contribution < -0.4 is 10.9 Å². The van der Waals surface area contributed by atoms with E-state index in [2.05, 4.69) is 5.32 Å². The Hall–Kier alpha value is -2.18. The maximum atomic E-state index is 13.1. The van der Waals surface area contributed by atoms with Gasteiger partial charge in [-0.1, -0.05) is 0 Å². The second-order valence-corrected chi connectivity index (χ2v) is 6.09. The number of ether oxygens (including phenoxy) is 1. The molecule has 0 bridgehead atoms. The zero-order valence-corrected chi connectivity index (χ0v) is 13.6. The Balaban J connectivity index is 1.93. The van der Waals surface area contributed by atoms with Gasteiger partial charge in [-0.3, -0.25) is 0 Å². The van der Waals surface area contributed by atoms with Crippen LogP contribution in [0.5, 0.6) is 0 Å². The lowest BCUT2D eigenvalue weighted by molar-refractivity contribution is -0.245. The van der Waals surface area contributed by atoms with E-state index in [0.717, 1.165) is 12.1 Å². The molecule has 0 amide bonds. The highest BCUT2D eigenvalue weighted by Crippen LogP contribution is 2.35. The van der Waals surface area contributed by atoms with Gasteiger partial charge in [-0.05, 0) is 12.1 Å². The molecule has 1 aromatic heterocycles. The molecule has 5 atom stereocenters. The fraction of sp³-hybridized carbons (Fsp3) is 0.438. The lowest BCUT2D eigenvalue weighted by Crippen LogP contribution is -2.61. The molecule has 148 valence electrons. The van der Waals surface area contributed by atoms with Crippen molar-refractivity contribution in [2.75, 3.05) is 11.9 Å². The van der Waals surface area contributed by atoms with E-state index in [1.807, 2.05) is 0 Å². The lowest BCUT2D eigenvalue weighted by atomic mass is 9.96. The summed E-state index contributed by atoms with van der Waals surface area (Å²) in [5.41, 5.74) is -2.59. The molecule has 27 heavy (non-hydrogen) atoms. The molecular weight excluding hydrogens is 375 g/mol. The number of alkyl halides is 3. The van der Waals surface area contributed by atoms with E-state index in [0.29, 0.717) is 6.07 Å². The van der Waals surface area contributed by atoms with Gasteiger partial charge in [-0.15, -0.1) is 0 Å². The summed E-state index contributed by atoms with van der Waals surface area (Å²) >= 11 is 0. The molecule has 0 aliphatic carbocycles. The molecule has 11 heteroatoms. The van der Waals surface area contributed by atoms with Gasteiger partial charge in [0.2, 0.25) is 0 Å². The fourth-order valence-electron chi connectivity index (χ4n) is 2.93. The summed E-state index contributed by atoms with van der Waals surface area (Å²) in [4.78, 5) is 11.4. The van der Waals surface area contributed by atoms with Crippen LogP contribution in [0.15, 0.2) is 33.5 Å². The van der Waals surface area contributed by atoms with Gasteiger partial charge in [-0.25, -0.2) is 4.79 Å². The maximum Gasteiger partial charge on any atom is 0.417 e. The molecule has 1 fully saturated rings. The Morgan fingerprint density at radius 2 is 1.81 bits per heavy atom. The Morgan fingerprint density at radius 1 is 1.11 bits per heavy atom. The summed E-state index contributed by atoms with van der Waals surface area (Å²) in [7, 11) is 0. The molecule has 0 spiro atoms. The van der Waals surface area contributed by atoms with Crippen molar-refractivity contribution < 1.29 is 42.8 Å². The van der Waals surface area contributed by atoms with Crippen molar-refractivity contribution in [3.8, 4) is 0 Å². The summed E-state index contributed by atoms with van der Waals surface area (Å²) in [6.07, 6.45) is -10.6. The van der Waals surface area contributed by atoms with Crippen LogP contribution in [0.1, 0.15) is 5.56 Å². The second kappa shape index (κ2) is 7.09. The summed E-state index contributed by atoms with van der Waals surface area (Å²) in [6, 6.07) is 2.48. The first-order valence-electron chi connectivity index (χ1n) is 7.84. The Labute approximate surface area is 149 Å². The van der Waals surface area contributed by atoms with Crippen LogP contribution >= 0.6 is 0 Å². The van der Waals surface area contributed by atoms with Crippen LogP contribution in [0.3, 0.4) is 0 Å². The molecule has 1 saturated heterocycles. The number of hydrogen-bond donors (Lipinski definition) is 5. The van der Waals surface area contributed by atoms with E-state index in [9.17, 15) is 33.3 Å². The van der Waals surface area contributed by atoms with Crippen molar-refractivity contribution in [3.63, 3.8) is 0 Å². The molecule has 8 nitrogen and oxygen atoms in total. The van der Waals surface area contributed by atoms with Crippen molar-refractivity contribution in [3.05, 3.63) is 40.2 Å². The van der Waals surface area contributed by atoms with Crippen LogP contribution in [-0.4, -0.2) is 57.7 Å². The topological polar surface area (TPSA) is 132 Å². The molecule has 3 unspecified atom stereocenters. The third-order valence-corrected chi connectivity index (χ3v) is 4.28. The van der Waals surface area contributed by atoms with Gasteiger partial charge in [0.25, 0.3) is 0 Å². The zero-order chi connectivity index (χ0) is 19.9. The molecule has 0 saturated carbocycles. The van der Waals surface area contributed by atoms with E-state index < -0.39 is 54.6 Å². The van der Waals surface area contributed by atoms with Crippen molar-refractivity contribution in [2.24, 2.45) is 0 Å². The molecule has 5 N–H and O–H groups in total. The van der Waals surface area contributed by atoms with E-state index in [4.69, 9.17) is 14.3 Å². The minimum atomic E-state index is -4.75. The zero-order valence-electron chi connectivity index (χ0n) is 13.6. The number of aliphatic hydroxyl groups is 4. The molecule has 1 aliphatic heterocycles. The molecular formula is C16H16F3NO7. The fourth-order valence-corrected chi connectivity index (χ4v) is 2.93. The van der Waals surface area contributed by atoms with Gasteiger partial charge < -0.3 is 34.9 Å². The highest BCUT2D eigenvalue weighted by molar-refractivity contribution is 5.84. The predicted octanol–water partition coefficient (Wildman–Crippen LogP) is 0.0236. The van der Waals surface area contributed by atoms with E-state index in [1.54, 1.807) is 0 Å². The largest absolute Gasteiger partial charge is 0.423 e. The number of anilines is 1. The average Bonchev–Trinajstić information content (AvgIpc) is 2.60. The highest BCUT2D eigenvalue weighted by atomic mass is 19.4. The van der Waals surface area contributed by atoms with Crippen LogP contribution in [0, 0.1) is 0 Å². The Bertz CT molecular complexity index is 884.